The van der Waals surface area contributed by atoms with E-state index in [2.05, 4.69) is 26.3 Å². The van der Waals surface area contributed by atoms with Gasteiger partial charge in [-0.3, -0.25) is 4.79 Å². The number of hydrogen-bond donors (Lipinski definition) is 3. The minimum atomic E-state index is -0.136. The van der Waals surface area contributed by atoms with E-state index in [1.807, 2.05) is 36.4 Å². The van der Waals surface area contributed by atoms with Crippen LogP contribution in [-0.4, -0.2) is 51.7 Å². The van der Waals surface area contributed by atoms with Crippen molar-refractivity contribution in [3.05, 3.63) is 77.6 Å². The lowest BCUT2D eigenvalue weighted by atomic mass is 10.1. The van der Waals surface area contributed by atoms with Crippen LogP contribution in [0.25, 0.3) is 22.2 Å². The number of aliphatic hydroxyl groups excluding tert-OH is 1. The molecule has 2 aromatic carbocycles. The van der Waals surface area contributed by atoms with E-state index < -0.39 is 0 Å². The normalized spacial score (nSPS) is 15.3. The summed E-state index contributed by atoms with van der Waals surface area (Å²) in [7, 11) is 0. The molecule has 35 heavy (non-hydrogen) atoms. The Morgan fingerprint density at radius 3 is 2.89 bits per heavy atom. The monoisotopic (exact) mass is 466 g/mol. The first-order valence-corrected chi connectivity index (χ1v) is 11.8. The van der Waals surface area contributed by atoms with E-state index in [0.717, 1.165) is 47.1 Å². The highest BCUT2D eigenvalue weighted by Crippen LogP contribution is 2.25. The molecule has 0 aliphatic carbocycles. The number of aromatic nitrogens is 3. The zero-order valence-electron chi connectivity index (χ0n) is 19.2. The summed E-state index contributed by atoms with van der Waals surface area (Å²) in [6.45, 7) is 1.43. The number of rotatable bonds is 7. The number of nitrogens with one attached hydrogen (secondary N) is 2. The van der Waals surface area contributed by atoms with Gasteiger partial charge < -0.3 is 20.3 Å². The summed E-state index contributed by atoms with van der Waals surface area (Å²) in [5.74, 6) is 0.490. The highest BCUT2D eigenvalue weighted by Gasteiger charge is 2.26. The van der Waals surface area contributed by atoms with Gasteiger partial charge in [0.25, 0.3) is 5.91 Å². The molecule has 3 heterocycles. The lowest BCUT2D eigenvalue weighted by Gasteiger charge is -2.23. The number of H-pyrrole nitrogens is 1. The van der Waals surface area contributed by atoms with Crippen LogP contribution < -0.4 is 10.2 Å². The molecule has 1 aliphatic rings. The standard InChI is InChI=1S/C27H26N6O2/c28-15-21-16-31-25-8-3-18(14-23(21)25)9-11-29-26(35)20-6-4-19(5-7-20)24-10-12-30-27(32-24)33-13-1-2-22(33)17-34/h3-8,10,12,14,16,22,31,34H,1-2,9,11,13,17H2,(H,29,35). The fourth-order valence-electron chi connectivity index (χ4n) is 4.57. The van der Waals surface area contributed by atoms with Crippen LogP contribution in [0.4, 0.5) is 5.95 Å². The maximum Gasteiger partial charge on any atom is 0.251 e. The van der Waals surface area contributed by atoms with Gasteiger partial charge in [-0.25, -0.2) is 9.97 Å². The van der Waals surface area contributed by atoms with Gasteiger partial charge in [0, 0.05) is 47.5 Å². The summed E-state index contributed by atoms with van der Waals surface area (Å²) in [6, 6.07) is 17.4. The highest BCUT2D eigenvalue weighted by molar-refractivity contribution is 5.94. The molecule has 3 N–H and O–H groups in total. The smallest absolute Gasteiger partial charge is 0.251 e. The van der Waals surface area contributed by atoms with E-state index in [9.17, 15) is 15.2 Å². The summed E-state index contributed by atoms with van der Waals surface area (Å²) < 4.78 is 0. The van der Waals surface area contributed by atoms with Crippen molar-refractivity contribution in [2.45, 2.75) is 25.3 Å². The van der Waals surface area contributed by atoms with Gasteiger partial charge in [-0.05, 0) is 55.2 Å². The zero-order valence-corrected chi connectivity index (χ0v) is 19.2. The number of amides is 1. The molecule has 1 amide bonds. The predicted molar refractivity (Wildman–Crippen MR) is 134 cm³/mol. The Kier molecular flexibility index (Phi) is 6.42. The summed E-state index contributed by atoms with van der Waals surface area (Å²) in [5.41, 5.74) is 4.87. The van der Waals surface area contributed by atoms with Crippen LogP contribution in [0.1, 0.15) is 34.3 Å². The quantitative estimate of drug-likeness (QED) is 0.384. The van der Waals surface area contributed by atoms with Crippen molar-refractivity contribution in [1.29, 1.82) is 5.26 Å². The summed E-state index contributed by atoms with van der Waals surface area (Å²) in [4.78, 5) is 26.9. The number of nitriles is 1. The third kappa shape index (κ3) is 4.72. The van der Waals surface area contributed by atoms with Gasteiger partial charge in [0.1, 0.15) is 6.07 Å². The van der Waals surface area contributed by atoms with E-state index in [4.69, 9.17) is 4.98 Å². The third-order valence-electron chi connectivity index (χ3n) is 6.50. The molecule has 8 nitrogen and oxygen atoms in total. The van der Waals surface area contributed by atoms with E-state index in [1.54, 1.807) is 24.5 Å². The Morgan fingerprint density at radius 1 is 1.23 bits per heavy atom. The first-order valence-electron chi connectivity index (χ1n) is 11.8. The minimum Gasteiger partial charge on any atom is -0.394 e. The topological polar surface area (TPSA) is 118 Å². The second kappa shape index (κ2) is 9.95. The van der Waals surface area contributed by atoms with Gasteiger partial charge in [0.05, 0.1) is 23.9 Å². The Labute approximate surface area is 203 Å². The maximum absolute atomic E-state index is 12.6. The van der Waals surface area contributed by atoms with E-state index in [1.165, 1.54) is 0 Å². The summed E-state index contributed by atoms with van der Waals surface area (Å²) in [5, 5.41) is 22.7. The lowest BCUT2D eigenvalue weighted by molar-refractivity contribution is 0.0954. The van der Waals surface area contributed by atoms with Gasteiger partial charge >= 0.3 is 0 Å². The molecule has 1 saturated heterocycles. The highest BCUT2D eigenvalue weighted by atomic mass is 16.3. The maximum atomic E-state index is 12.6. The Bertz CT molecular complexity index is 1390. The summed E-state index contributed by atoms with van der Waals surface area (Å²) >= 11 is 0. The van der Waals surface area contributed by atoms with Crippen LogP contribution in [0.5, 0.6) is 0 Å². The van der Waals surface area contributed by atoms with Crippen molar-refractivity contribution in [3.8, 4) is 17.3 Å². The number of aliphatic hydroxyl groups is 1. The molecule has 0 saturated carbocycles. The van der Waals surface area contributed by atoms with E-state index >= 15 is 0 Å². The van der Waals surface area contributed by atoms with Crippen molar-refractivity contribution >= 4 is 22.8 Å². The molecule has 1 aliphatic heterocycles. The minimum absolute atomic E-state index is 0.0645. The Morgan fingerprint density at radius 2 is 2.09 bits per heavy atom. The SMILES string of the molecule is N#Cc1c[nH]c2ccc(CCNC(=O)c3ccc(-c4ccnc(N5CCCC5CO)n4)cc3)cc12. The fraction of sp³-hybridized carbons (Fsp3) is 0.259. The van der Waals surface area contributed by atoms with Crippen molar-refractivity contribution in [2.75, 3.05) is 24.6 Å². The first-order chi connectivity index (χ1) is 17.2. The predicted octanol–water partition coefficient (Wildman–Crippen LogP) is 3.43. The Hall–Kier alpha value is -4.22. The van der Waals surface area contributed by atoms with Gasteiger partial charge in [0.2, 0.25) is 5.95 Å². The first kappa shape index (κ1) is 22.6. The number of aromatic amines is 1. The van der Waals surface area contributed by atoms with Gasteiger partial charge in [-0.1, -0.05) is 18.2 Å². The largest absolute Gasteiger partial charge is 0.394 e. The van der Waals surface area contributed by atoms with Crippen LogP contribution in [0.2, 0.25) is 0 Å². The fourth-order valence-corrected chi connectivity index (χ4v) is 4.57. The molecular weight excluding hydrogens is 440 g/mol. The number of nitrogens with zero attached hydrogens (tertiary/aromatic N) is 4. The van der Waals surface area contributed by atoms with Crippen molar-refractivity contribution in [3.63, 3.8) is 0 Å². The molecule has 176 valence electrons. The lowest BCUT2D eigenvalue weighted by Crippen LogP contribution is -2.33. The van der Waals surface area contributed by atoms with Crippen molar-refractivity contribution in [1.82, 2.24) is 20.3 Å². The van der Waals surface area contributed by atoms with Gasteiger partial charge in [-0.15, -0.1) is 0 Å². The van der Waals surface area contributed by atoms with Crippen molar-refractivity contribution in [2.24, 2.45) is 0 Å². The second-order valence-corrected chi connectivity index (χ2v) is 8.69. The molecule has 1 unspecified atom stereocenters. The average molecular weight is 467 g/mol. The molecule has 0 spiro atoms. The van der Waals surface area contributed by atoms with Crippen LogP contribution in [0.3, 0.4) is 0 Å². The molecule has 8 heteroatoms. The van der Waals surface area contributed by atoms with Crippen LogP contribution >= 0.6 is 0 Å². The molecule has 4 aromatic rings. The number of hydrogen-bond acceptors (Lipinski definition) is 6. The number of fused-ring (bicyclic) bond motifs is 1. The Balaban J connectivity index is 1.21. The van der Waals surface area contributed by atoms with Crippen LogP contribution in [-0.2, 0) is 6.42 Å². The summed E-state index contributed by atoms with van der Waals surface area (Å²) in [6.07, 6.45) is 6.07. The molecule has 1 fully saturated rings. The number of benzene rings is 2. The molecule has 5 rings (SSSR count). The number of carbonyl (C=O) groups excluding carboxylic acids is 1. The van der Waals surface area contributed by atoms with Crippen molar-refractivity contribution < 1.29 is 9.90 Å². The zero-order chi connectivity index (χ0) is 24.2. The molecular formula is C27H26N6O2. The number of anilines is 1. The third-order valence-corrected chi connectivity index (χ3v) is 6.50. The van der Waals surface area contributed by atoms with E-state index in [0.29, 0.717) is 30.0 Å². The molecule has 2 aromatic heterocycles. The average Bonchev–Trinajstić information content (AvgIpc) is 3.55. The number of carbonyl (C=O) groups is 1. The van der Waals surface area contributed by atoms with Crippen LogP contribution in [0, 0.1) is 11.3 Å². The molecule has 0 bridgehead atoms. The van der Waals surface area contributed by atoms with E-state index in [-0.39, 0.29) is 18.6 Å². The van der Waals surface area contributed by atoms with Crippen LogP contribution in [0.15, 0.2) is 60.9 Å². The van der Waals surface area contributed by atoms with Gasteiger partial charge in [0.15, 0.2) is 0 Å². The molecule has 1 atom stereocenters. The van der Waals surface area contributed by atoms with Gasteiger partial charge in [-0.2, -0.15) is 5.26 Å². The second-order valence-electron chi connectivity index (χ2n) is 8.69. The molecule has 0 radical (unpaired) electrons.